The summed E-state index contributed by atoms with van der Waals surface area (Å²) in [4.78, 5) is 33.1. The second-order valence-corrected chi connectivity index (χ2v) is 8.25. The summed E-state index contributed by atoms with van der Waals surface area (Å²) in [5, 5.41) is 3.21. The third kappa shape index (κ3) is 3.64. The smallest absolute Gasteiger partial charge is 0.290 e. The number of para-hydroxylation sites is 2. The van der Waals surface area contributed by atoms with Crippen LogP contribution in [0.1, 0.15) is 56.6 Å². The van der Waals surface area contributed by atoms with Crippen LogP contribution in [0.4, 0.5) is 0 Å². The van der Waals surface area contributed by atoms with Gasteiger partial charge >= 0.3 is 0 Å². The van der Waals surface area contributed by atoms with Gasteiger partial charge in [0.15, 0.2) is 5.82 Å². The van der Waals surface area contributed by atoms with Gasteiger partial charge in [-0.3, -0.25) is 9.59 Å². The molecule has 1 fully saturated rings. The van der Waals surface area contributed by atoms with E-state index < -0.39 is 5.54 Å². The number of ether oxygens (including phenoxy) is 1. The van der Waals surface area contributed by atoms with Crippen LogP contribution in [0.2, 0.25) is 0 Å². The fourth-order valence-corrected chi connectivity index (χ4v) is 4.56. The summed E-state index contributed by atoms with van der Waals surface area (Å²) in [6.45, 7) is 5.92. The molecule has 1 aliphatic carbocycles. The summed E-state index contributed by atoms with van der Waals surface area (Å²) >= 11 is 0. The lowest BCUT2D eigenvalue weighted by Crippen LogP contribution is -2.65. The summed E-state index contributed by atoms with van der Waals surface area (Å²) < 4.78 is 7.36. The van der Waals surface area contributed by atoms with E-state index in [1.807, 2.05) is 42.7 Å². The second-order valence-electron chi connectivity index (χ2n) is 8.25. The van der Waals surface area contributed by atoms with Crippen LogP contribution in [0, 0.1) is 0 Å². The van der Waals surface area contributed by atoms with Gasteiger partial charge in [0.1, 0.15) is 5.54 Å². The minimum absolute atomic E-state index is 0.0717. The molecule has 156 valence electrons. The van der Waals surface area contributed by atoms with E-state index in [4.69, 9.17) is 4.74 Å². The van der Waals surface area contributed by atoms with Gasteiger partial charge in [0.2, 0.25) is 5.91 Å². The molecule has 29 heavy (non-hydrogen) atoms. The zero-order chi connectivity index (χ0) is 20.4. The molecule has 1 aliphatic heterocycles. The fraction of sp³-hybridized carbons (Fsp3) is 0.591. The molecular weight excluding hydrogens is 368 g/mol. The van der Waals surface area contributed by atoms with Crippen LogP contribution in [-0.4, -0.2) is 57.6 Å². The van der Waals surface area contributed by atoms with Gasteiger partial charge in [-0.2, -0.15) is 0 Å². The molecule has 0 unspecified atom stereocenters. The first-order valence-corrected chi connectivity index (χ1v) is 10.7. The molecule has 0 spiro atoms. The zero-order valence-corrected chi connectivity index (χ0v) is 17.3. The van der Waals surface area contributed by atoms with Crippen LogP contribution in [0.25, 0.3) is 11.0 Å². The van der Waals surface area contributed by atoms with Crippen LogP contribution in [0.5, 0.6) is 0 Å². The molecule has 1 aromatic heterocycles. The highest BCUT2D eigenvalue weighted by atomic mass is 16.5. The molecule has 2 heterocycles. The van der Waals surface area contributed by atoms with Crippen molar-refractivity contribution in [2.45, 2.75) is 64.1 Å². The highest BCUT2D eigenvalue weighted by molar-refractivity contribution is 6.01. The van der Waals surface area contributed by atoms with E-state index in [-0.39, 0.29) is 17.9 Å². The first-order chi connectivity index (χ1) is 14.0. The predicted molar refractivity (Wildman–Crippen MR) is 111 cm³/mol. The Morgan fingerprint density at radius 2 is 2.07 bits per heavy atom. The SMILES string of the molecule is CCOCCCN1C(=O)c2nc3ccccc3n2C[C@]1(C)C(=O)NC1CCCC1. The van der Waals surface area contributed by atoms with Crippen molar-refractivity contribution in [3.63, 3.8) is 0 Å². The highest BCUT2D eigenvalue weighted by Gasteiger charge is 2.48. The quantitative estimate of drug-likeness (QED) is 0.728. The second kappa shape index (κ2) is 8.14. The lowest BCUT2D eigenvalue weighted by molar-refractivity contribution is -0.133. The number of fused-ring (bicyclic) bond motifs is 3. The zero-order valence-electron chi connectivity index (χ0n) is 17.3. The number of carbonyl (C=O) groups excluding carboxylic acids is 2. The van der Waals surface area contributed by atoms with Crippen molar-refractivity contribution in [2.75, 3.05) is 19.8 Å². The molecule has 7 nitrogen and oxygen atoms in total. The lowest BCUT2D eigenvalue weighted by Gasteiger charge is -2.44. The van der Waals surface area contributed by atoms with E-state index in [1.165, 1.54) is 0 Å². The Morgan fingerprint density at radius 1 is 1.31 bits per heavy atom. The maximum absolute atomic E-state index is 13.4. The van der Waals surface area contributed by atoms with Crippen LogP contribution in [0.3, 0.4) is 0 Å². The van der Waals surface area contributed by atoms with Crippen molar-refractivity contribution in [3.8, 4) is 0 Å². The van der Waals surface area contributed by atoms with Crippen molar-refractivity contribution in [1.82, 2.24) is 19.8 Å². The van der Waals surface area contributed by atoms with Crippen LogP contribution in [0.15, 0.2) is 24.3 Å². The van der Waals surface area contributed by atoms with E-state index in [1.54, 1.807) is 4.90 Å². The molecule has 1 atom stereocenters. The molecule has 2 aliphatic rings. The Hall–Kier alpha value is -2.41. The highest BCUT2D eigenvalue weighted by Crippen LogP contribution is 2.31. The Labute approximate surface area is 171 Å². The summed E-state index contributed by atoms with van der Waals surface area (Å²) in [7, 11) is 0. The Morgan fingerprint density at radius 3 is 2.83 bits per heavy atom. The normalized spacial score (nSPS) is 22.3. The molecule has 4 rings (SSSR count). The van der Waals surface area contributed by atoms with E-state index >= 15 is 0 Å². The topological polar surface area (TPSA) is 76.5 Å². The Balaban J connectivity index is 1.67. The molecule has 1 saturated carbocycles. The number of imidazole rings is 1. The van der Waals surface area contributed by atoms with Crippen molar-refractivity contribution in [2.24, 2.45) is 0 Å². The van der Waals surface area contributed by atoms with E-state index in [0.29, 0.717) is 38.5 Å². The first kappa shape index (κ1) is 19.9. The van der Waals surface area contributed by atoms with Gasteiger partial charge < -0.3 is 19.5 Å². The number of nitrogens with one attached hydrogen (secondary N) is 1. The van der Waals surface area contributed by atoms with Crippen molar-refractivity contribution < 1.29 is 14.3 Å². The number of benzene rings is 1. The number of amides is 2. The summed E-state index contributed by atoms with van der Waals surface area (Å²) in [6.07, 6.45) is 5.01. The van der Waals surface area contributed by atoms with Crippen LogP contribution < -0.4 is 5.32 Å². The van der Waals surface area contributed by atoms with Crippen molar-refractivity contribution in [3.05, 3.63) is 30.1 Å². The Bertz CT molecular complexity index is 903. The van der Waals surface area contributed by atoms with Gasteiger partial charge in [-0.05, 0) is 45.2 Å². The van der Waals surface area contributed by atoms with E-state index in [0.717, 1.165) is 36.7 Å². The third-order valence-corrected chi connectivity index (χ3v) is 6.21. The summed E-state index contributed by atoms with van der Waals surface area (Å²) in [5.41, 5.74) is 0.720. The van der Waals surface area contributed by atoms with Gasteiger partial charge in [0, 0.05) is 25.8 Å². The summed E-state index contributed by atoms with van der Waals surface area (Å²) in [6, 6.07) is 7.92. The van der Waals surface area contributed by atoms with Gasteiger partial charge in [0.25, 0.3) is 5.91 Å². The molecule has 1 N–H and O–H groups in total. The van der Waals surface area contributed by atoms with E-state index in [9.17, 15) is 9.59 Å². The lowest BCUT2D eigenvalue weighted by atomic mass is 9.94. The number of hydrogen-bond acceptors (Lipinski definition) is 4. The molecule has 0 radical (unpaired) electrons. The molecule has 0 saturated heterocycles. The molecule has 7 heteroatoms. The average Bonchev–Trinajstić information content (AvgIpc) is 3.35. The van der Waals surface area contributed by atoms with Crippen LogP contribution >= 0.6 is 0 Å². The van der Waals surface area contributed by atoms with E-state index in [2.05, 4.69) is 10.3 Å². The number of nitrogens with zero attached hydrogens (tertiary/aromatic N) is 3. The monoisotopic (exact) mass is 398 g/mol. The van der Waals surface area contributed by atoms with Gasteiger partial charge in [-0.1, -0.05) is 25.0 Å². The Kier molecular flexibility index (Phi) is 5.58. The maximum Gasteiger partial charge on any atom is 0.290 e. The standard InChI is InChI=1S/C22H30N4O3/c1-3-29-14-8-13-26-20(27)19-24-17-11-6-7-12-18(17)25(19)15-22(26,2)21(28)23-16-9-4-5-10-16/h6-7,11-12,16H,3-5,8-10,13-15H2,1-2H3,(H,23,28)/t22-/m1/s1. The molecule has 2 amide bonds. The third-order valence-electron chi connectivity index (χ3n) is 6.21. The maximum atomic E-state index is 13.4. The molecular formula is C22H30N4O3. The number of carbonyl (C=O) groups is 2. The first-order valence-electron chi connectivity index (χ1n) is 10.7. The summed E-state index contributed by atoms with van der Waals surface area (Å²) in [5.74, 6) is 0.152. The molecule has 1 aromatic carbocycles. The molecule has 0 bridgehead atoms. The largest absolute Gasteiger partial charge is 0.382 e. The van der Waals surface area contributed by atoms with Crippen molar-refractivity contribution in [1.29, 1.82) is 0 Å². The van der Waals surface area contributed by atoms with Gasteiger partial charge in [-0.15, -0.1) is 0 Å². The fourth-order valence-electron chi connectivity index (χ4n) is 4.56. The van der Waals surface area contributed by atoms with Crippen molar-refractivity contribution >= 4 is 22.8 Å². The molecule has 2 aromatic rings. The minimum atomic E-state index is -0.956. The predicted octanol–water partition coefficient (Wildman–Crippen LogP) is 2.74. The minimum Gasteiger partial charge on any atom is -0.382 e. The van der Waals surface area contributed by atoms with Gasteiger partial charge in [0.05, 0.1) is 17.6 Å². The number of rotatable bonds is 7. The average molecular weight is 399 g/mol. The van der Waals surface area contributed by atoms with Crippen LogP contribution in [-0.2, 0) is 16.1 Å². The number of aromatic nitrogens is 2. The van der Waals surface area contributed by atoms with Gasteiger partial charge in [-0.25, -0.2) is 4.98 Å². The number of hydrogen-bond donors (Lipinski definition) is 1.